The molecule has 0 fully saturated rings. The van der Waals surface area contributed by atoms with Crippen molar-refractivity contribution in [1.29, 1.82) is 0 Å². The maximum atomic E-state index is 12.8. The second-order valence-corrected chi connectivity index (χ2v) is 6.29. The Morgan fingerprint density at radius 2 is 1.92 bits per heavy atom. The first-order valence-electron chi connectivity index (χ1n) is 8.25. The first kappa shape index (κ1) is 16.2. The molecule has 0 spiro atoms. The number of aryl methyl sites for hydroxylation is 2. The molecule has 6 nitrogen and oxygen atoms in total. The molecule has 132 valence electrons. The molecule has 0 atom stereocenters. The number of rotatable bonds is 3. The molecule has 1 N–H and O–H groups in total. The normalized spacial score (nSPS) is 12.0. The van der Waals surface area contributed by atoms with Crippen LogP contribution in [-0.4, -0.2) is 18.2 Å². The van der Waals surface area contributed by atoms with Gasteiger partial charge in [-0.3, -0.25) is 4.79 Å². The van der Waals surface area contributed by atoms with E-state index in [1.165, 1.54) is 0 Å². The molecule has 1 aliphatic heterocycles. The number of carbonyl (C=O) groups excluding carboxylic acids is 1. The topological polar surface area (TPSA) is 73.6 Å². The monoisotopic (exact) mass is 350 g/mol. The van der Waals surface area contributed by atoms with Crippen molar-refractivity contribution in [2.45, 2.75) is 20.5 Å². The maximum absolute atomic E-state index is 12.8. The van der Waals surface area contributed by atoms with Crippen LogP contribution in [0.25, 0.3) is 11.3 Å². The van der Waals surface area contributed by atoms with Gasteiger partial charge in [-0.25, -0.2) is 0 Å². The molecule has 2 heterocycles. The van der Waals surface area contributed by atoms with E-state index in [-0.39, 0.29) is 18.2 Å². The van der Waals surface area contributed by atoms with Crippen LogP contribution in [0, 0.1) is 13.8 Å². The largest absolute Gasteiger partial charge is 0.495 e. The fourth-order valence-electron chi connectivity index (χ4n) is 3.03. The zero-order valence-electron chi connectivity index (χ0n) is 14.8. The van der Waals surface area contributed by atoms with Gasteiger partial charge in [-0.15, -0.1) is 0 Å². The van der Waals surface area contributed by atoms with E-state index in [0.717, 1.165) is 22.4 Å². The average Bonchev–Trinajstić information content (AvgIpc) is 3.06. The fourth-order valence-corrected chi connectivity index (χ4v) is 3.03. The Labute approximate surface area is 150 Å². The summed E-state index contributed by atoms with van der Waals surface area (Å²) in [5.74, 6) is 1.53. The Balaban J connectivity index is 1.69. The van der Waals surface area contributed by atoms with Crippen LogP contribution in [0.15, 0.2) is 40.9 Å². The zero-order chi connectivity index (χ0) is 18.3. The quantitative estimate of drug-likeness (QED) is 0.769. The van der Waals surface area contributed by atoms with E-state index in [1.807, 2.05) is 50.2 Å². The first-order valence-corrected chi connectivity index (χ1v) is 8.25. The lowest BCUT2D eigenvalue weighted by Crippen LogP contribution is -2.17. The van der Waals surface area contributed by atoms with Crippen LogP contribution in [0.4, 0.5) is 5.69 Å². The number of ether oxygens (including phenoxy) is 2. The molecule has 0 radical (unpaired) electrons. The summed E-state index contributed by atoms with van der Waals surface area (Å²) in [5, 5.41) is 6.84. The van der Waals surface area contributed by atoms with E-state index in [2.05, 4.69) is 10.5 Å². The van der Waals surface area contributed by atoms with Gasteiger partial charge in [0, 0.05) is 0 Å². The maximum Gasteiger partial charge on any atom is 0.278 e. The highest BCUT2D eigenvalue weighted by Crippen LogP contribution is 2.39. The van der Waals surface area contributed by atoms with E-state index in [0.29, 0.717) is 22.8 Å². The van der Waals surface area contributed by atoms with Gasteiger partial charge in [-0.05, 0) is 43.7 Å². The van der Waals surface area contributed by atoms with Gasteiger partial charge >= 0.3 is 0 Å². The zero-order valence-corrected chi connectivity index (χ0v) is 14.8. The molecule has 0 aliphatic carbocycles. The number of carbonyl (C=O) groups is 1. The molecule has 0 saturated heterocycles. The summed E-state index contributed by atoms with van der Waals surface area (Å²) >= 11 is 0. The minimum Gasteiger partial charge on any atom is -0.495 e. The van der Waals surface area contributed by atoms with Crippen molar-refractivity contribution in [3.63, 3.8) is 0 Å². The molecule has 2 aromatic carbocycles. The van der Waals surface area contributed by atoms with Gasteiger partial charge < -0.3 is 19.3 Å². The van der Waals surface area contributed by atoms with Gasteiger partial charge in [0.25, 0.3) is 5.91 Å². The van der Waals surface area contributed by atoms with Gasteiger partial charge in [0.15, 0.2) is 11.5 Å². The van der Waals surface area contributed by atoms with E-state index < -0.39 is 0 Å². The Morgan fingerprint density at radius 1 is 1.15 bits per heavy atom. The highest BCUT2D eigenvalue weighted by atomic mass is 16.5. The lowest BCUT2D eigenvalue weighted by Gasteiger charge is -2.17. The van der Waals surface area contributed by atoms with Crippen LogP contribution in [0.2, 0.25) is 0 Å². The molecule has 3 aromatic rings. The van der Waals surface area contributed by atoms with E-state index in [1.54, 1.807) is 7.11 Å². The minimum absolute atomic E-state index is 0.218. The van der Waals surface area contributed by atoms with Crippen LogP contribution >= 0.6 is 0 Å². The van der Waals surface area contributed by atoms with Crippen LogP contribution in [0.5, 0.6) is 11.5 Å². The minimum atomic E-state index is -0.362. The number of nitrogens with one attached hydrogen (secondary N) is 1. The second kappa shape index (κ2) is 6.22. The third kappa shape index (κ3) is 2.69. The van der Waals surface area contributed by atoms with Crippen molar-refractivity contribution in [3.05, 3.63) is 58.8 Å². The molecular formula is C20H18N2O4. The fraction of sp³-hybridized carbons (Fsp3) is 0.200. The summed E-state index contributed by atoms with van der Waals surface area (Å²) in [6.07, 6.45) is 0. The lowest BCUT2D eigenvalue weighted by molar-refractivity contribution is 0.101. The number of anilines is 1. The Morgan fingerprint density at radius 3 is 2.73 bits per heavy atom. The van der Waals surface area contributed by atoms with Gasteiger partial charge in [-0.2, -0.15) is 0 Å². The molecule has 1 aromatic heterocycles. The third-order valence-corrected chi connectivity index (χ3v) is 4.36. The summed E-state index contributed by atoms with van der Waals surface area (Å²) in [7, 11) is 1.56. The highest BCUT2D eigenvalue weighted by Gasteiger charge is 2.29. The van der Waals surface area contributed by atoms with Gasteiger partial charge in [0.2, 0.25) is 0 Å². The van der Waals surface area contributed by atoms with Crippen LogP contribution in [0.3, 0.4) is 0 Å². The predicted molar refractivity (Wildman–Crippen MR) is 96.7 cm³/mol. The van der Waals surface area contributed by atoms with Crippen molar-refractivity contribution < 1.29 is 18.8 Å². The smallest absolute Gasteiger partial charge is 0.278 e. The van der Waals surface area contributed by atoms with Gasteiger partial charge in [0.1, 0.15) is 18.1 Å². The molecule has 0 bridgehead atoms. The van der Waals surface area contributed by atoms with Gasteiger partial charge in [-0.1, -0.05) is 22.9 Å². The number of methoxy groups -OCH3 is 1. The third-order valence-electron chi connectivity index (χ3n) is 4.36. The average molecular weight is 350 g/mol. The van der Waals surface area contributed by atoms with E-state index in [4.69, 9.17) is 14.0 Å². The SMILES string of the molecule is COc1ccc(C)cc1NC(=O)c1noc2c1COc1ccc(C)cc1-2. The molecule has 1 amide bonds. The second-order valence-electron chi connectivity index (χ2n) is 6.29. The molecule has 1 aliphatic rings. The van der Waals surface area contributed by atoms with E-state index in [9.17, 15) is 4.79 Å². The Hall–Kier alpha value is -3.28. The molecular weight excluding hydrogens is 332 g/mol. The molecule has 0 unspecified atom stereocenters. The summed E-state index contributed by atoms with van der Waals surface area (Å²) in [6, 6.07) is 11.4. The van der Waals surface area contributed by atoms with Crippen LogP contribution in [0.1, 0.15) is 27.2 Å². The van der Waals surface area contributed by atoms with Crippen molar-refractivity contribution in [1.82, 2.24) is 5.16 Å². The number of amides is 1. The standard InChI is InChI=1S/C20H18N2O4/c1-11-4-6-16-13(8-11)19-14(10-25-16)18(22-26-19)20(23)21-15-9-12(2)5-7-17(15)24-3/h4-9H,10H2,1-3H3,(H,21,23). The summed E-state index contributed by atoms with van der Waals surface area (Å²) in [4.78, 5) is 12.8. The first-order chi connectivity index (χ1) is 12.6. The molecule has 4 rings (SSSR count). The van der Waals surface area contributed by atoms with Crippen molar-refractivity contribution >= 4 is 11.6 Å². The van der Waals surface area contributed by atoms with Crippen molar-refractivity contribution in [2.24, 2.45) is 0 Å². The van der Waals surface area contributed by atoms with Crippen LogP contribution < -0.4 is 14.8 Å². The van der Waals surface area contributed by atoms with Crippen molar-refractivity contribution in [3.8, 4) is 22.8 Å². The molecule has 6 heteroatoms. The summed E-state index contributed by atoms with van der Waals surface area (Å²) in [5.41, 5.74) is 4.35. The van der Waals surface area contributed by atoms with E-state index >= 15 is 0 Å². The van der Waals surface area contributed by atoms with Crippen molar-refractivity contribution in [2.75, 3.05) is 12.4 Å². The number of benzene rings is 2. The number of aromatic nitrogens is 1. The lowest BCUT2D eigenvalue weighted by atomic mass is 10.0. The number of nitrogens with zero attached hydrogens (tertiary/aromatic N) is 1. The predicted octanol–water partition coefficient (Wildman–Crippen LogP) is 4.11. The molecule has 26 heavy (non-hydrogen) atoms. The number of hydrogen-bond donors (Lipinski definition) is 1. The number of hydrogen-bond acceptors (Lipinski definition) is 5. The molecule has 0 saturated carbocycles. The highest BCUT2D eigenvalue weighted by molar-refractivity contribution is 6.05. The van der Waals surface area contributed by atoms with Gasteiger partial charge in [0.05, 0.1) is 23.9 Å². The summed E-state index contributed by atoms with van der Waals surface area (Å²) in [6.45, 7) is 4.17. The Kier molecular flexibility index (Phi) is 3.88. The Bertz CT molecular complexity index is 1010. The summed E-state index contributed by atoms with van der Waals surface area (Å²) < 4.78 is 16.6. The van der Waals surface area contributed by atoms with Crippen LogP contribution in [-0.2, 0) is 6.61 Å². The number of fused-ring (bicyclic) bond motifs is 3.